The van der Waals surface area contributed by atoms with E-state index in [1.54, 1.807) is 32.0 Å². The van der Waals surface area contributed by atoms with Gasteiger partial charge in [-0.05, 0) is 30.5 Å². The number of carboxylic acids is 1. The molecule has 0 bridgehead atoms. The van der Waals surface area contributed by atoms with Crippen molar-refractivity contribution in [1.29, 1.82) is 0 Å². The predicted octanol–water partition coefficient (Wildman–Crippen LogP) is 2.15. The lowest BCUT2D eigenvalue weighted by Gasteiger charge is -2.25. The van der Waals surface area contributed by atoms with Gasteiger partial charge in [-0.1, -0.05) is 19.9 Å². The van der Waals surface area contributed by atoms with Gasteiger partial charge < -0.3 is 15.7 Å². The summed E-state index contributed by atoms with van der Waals surface area (Å²) in [5.74, 6) is -1.47. The summed E-state index contributed by atoms with van der Waals surface area (Å²) >= 11 is 0. The SMILES string of the molecule is CCC(CC)(CC(=O)Nc1ccc2c(c1)C(=O)NC2)C(=O)O. The first-order chi connectivity index (χ1) is 10.4. The second kappa shape index (κ2) is 6.17. The Hall–Kier alpha value is -2.37. The van der Waals surface area contributed by atoms with Crippen LogP contribution in [0.4, 0.5) is 5.69 Å². The lowest BCUT2D eigenvalue weighted by atomic mass is 9.79. The van der Waals surface area contributed by atoms with E-state index >= 15 is 0 Å². The van der Waals surface area contributed by atoms with Gasteiger partial charge in [0.05, 0.1) is 5.41 Å². The number of rotatable bonds is 6. The second-order valence-electron chi connectivity index (χ2n) is 5.57. The molecule has 0 aliphatic carbocycles. The molecule has 1 aromatic rings. The first-order valence-electron chi connectivity index (χ1n) is 7.36. The molecule has 0 atom stereocenters. The van der Waals surface area contributed by atoms with Gasteiger partial charge in [-0.2, -0.15) is 0 Å². The van der Waals surface area contributed by atoms with Crippen molar-refractivity contribution >= 4 is 23.5 Å². The topological polar surface area (TPSA) is 95.5 Å². The molecule has 0 saturated heterocycles. The van der Waals surface area contributed by atoms with E-state index in [2.05, 4.69) is 10.6 Å². The van der Waals surface area contributed by atoms with Crippen LogP contribution in [-0.2, 0) is 16.1 Å². The highest BCUT2D eigenvalue weighted by Crippen LogP contribution is 2.31. The lowest BCUT2D eigenvalue weighted by Crippen LogP contribution is -2.34. The maximum atomic E-state index is 12.2. The summed E-state index contributed by atoms with van der Waals surface area (Å²) in [6, 6.07) is 5.13. The molecular formula is C16H20N2O4. The second-order valence-corrected chi connectivity index (χ2v) is 5.57. The number of aliphatic carboxylic acids is 1. The molecule has 0 fully saturated rings. The molecule has 0 radical (unpaired) electrons. The summed E-state index contributed by atoms with van der Waals surface area (Å²) in [5.41, 5.74) is 0.906. The number of fused-ring (bicyclic) bond motifs is 1. The number of benzene rings is 1. The van der Waals surface area contributed by atoms with Gasteiger partial charge in [0.25, 0.3) is 5.91 Å². The first kappa shape index (κ1) is 16.0. The fraction of sp³-hybridized carbons (Fsp3) is 0.438. The molecule has 1 aliphatic heterocycles. The number of carbonyl (C=O) groups excluding carboxylic acids is 2. The normalized spacial score (nSPS) is 13.5. The molecule has 6 heteroatoms. The van der Waals surface area contributed by atoms with E-state index in [1.165, 1.54) is 0 Å². The Morgan fingerprint density at radius 3 is 2.59 bits per heavy atom. The summed E-state index contributed by atoms with van der Waals surface area (Å²) in [6.07, 6.45) is 0.691. The molecule has 0 aromatic heterocycles. The Kier molecular flexibility index (Phi) is 4.49. The fourth-order valence-corrected chi connectivity index (χ4v) is 2.68. The number of anilines is 1. The molecule has 1 aliphatic rings. The van der Waals surface area contributed by atoms with Gasteiger partial charge in [-0.25, -0.2) is 0 Å². The zero-order valence-corrected chi connectivity index (χ0v) is 12.7. The maximum absolute atomic E-state index is 12.2. The Balaban J connectivity index is 2.11. The third-order valence-corrected chi connectivity index (χ3v) is 4.38. The average Bonchev–Trinajstić information content (AvgIpc) is 2.86. The van der Waals surface area contributed by atoms with Gasteiger partial charge in [0.15, 0.2) is 0 Å². The maximum Gasteiger partial charge on any atom is 0.310 e. The highest BCUT2D eigenvalue weighted by atomic mass is 16.4. The van der Waals surface area contributed by atoms with E-state index in [1.807, 2.05) is 0 Å². The Morgan fingerprint density at radius 1 is 1.32 bits per heavy atom. The van der Waals surface area contributed by atoms with Crippen LogP contribution in [0.15, 0.2) is 18.2 Å². The minimum absolute atomic E-state index is 0.0847. The van der Waals surface area contributed by atoms with Gasteiger partial charge in [0.1, 0.15) is 0 Å². The molecule has 118 valence electrons. The summed E-state index contributed by atoms with van der Waals surface area (Å²) in [6.45, 7) is 4.03. The van der Waals surface area contributed by atoms with Gasteiger partial charge in [0.2, 0.25) is 5.91 Å². The van der Waals surface area contributed by atoms with E-state index in [-0.39, 0.29) is 18.2 Å². The largest absolute Gasteiger partial charge is 0.481 e. The average molecular weight is 304 g/mol. The highest BCUT2D eigenvalue weighted by Gasteiger charge is 2.37. The highest BCUT2D eigenvalue weighted by molar-refractivity contribution is 6.01. The number of carbonyl (C=O) groups is 3. The molecule has 2 amide bonds. The van der Waals surface area contributed by atoms with Crippen molar-refractivity contribution in [2.24, 2.45) is 5.41 Å². The minimum atomic E-state index is -1.04. The van der Waals surface area contributed by atoms with Crippen LogP contribution < -0.4 is 10.6 Å². The molecule has 6 nitrogen and oxygen atoms in total. The van der Waals surface area contributed by atoms with Crippen LogP contribution in [-0.4, -0.2) is 22.9 Å². The van der Waals surface area contributed by atoms with Crippen molar-refractivity contribution in [2.45, 2.75) is 39.7 Å². The van der Waals surface area contributed by atoms with Crippen LogP contribution in [0.2, 0.25) is 0 Å². The lowest BCUT2D eigenvalue weighted by molar-refractivity contribution is -0.151. The summed E-state index contributed by atoms with van der Waals surface area (Å²) < 4.78 is 0. The van der Waals surface area contributed by atoms with Crippen molar-refractivity contribution in [3.8, 4) is 0 Å². The molecule has 0 saturated carbocycles. The molecule has 0 spiro atoms. The van der Waals surface area contributed by atoms with E-state index in [9.17, 15) is 19.5 Å². The van der Waals surface area contributed by atoms with Gasteiger partial charge >= 0.3 is 5.97 Å². The minimum Gasteiger partial charge on any atom is -0.481 e. The predicted molar refractivity (Wildman–Crippen MR) is 81.5 cm³/mol. The zero-order valence-electron chi connectivity index (χ0n) is 12.7. The third kappa shape index (κ3) is 2.95. The number of hydrogen-bond acceptors (Lipinski definition) is 3. The number of nitrogens with one attached hydrogen (secondary N) is 2. The Bertz CT molecular complexity index is 621. The quantitative estimate of drug-likeness (QED) is 0.750. The molecular weight excluding hydrogens is 284 g/mol. The molecule has 1 heterocycles. The summed E-state index contributed by atoms with van der Waals surface area (Å²) in [4.78, 5) is 35.2. The van der Waals surface area contributed by atoms with Crippen LogP contribution in [0.25, 0.3) is 0 Å². The summed E-state index contributed by atoms with van der Waals surface area (Å²) in [5, 5.41) is 14.8. The van der Waals surface area contributed by atoms with Gasteiger partial charge in [0, 0.05) is 24.2 Å². The van der Waals surface area contributed by atoms with Crippen LogP contribution in [0, 0.1) is 5.41 Å². The first-order valence-corrected chi connectivity index (χ1v) is 7.36. The standard InChI is InChI=1S/C16H20N2O4/c1-3-16(4-2,15(21)22)8-13(19)18-11-6-5-10-9-17-14(20)12(10)7-11/h5-7H,3-4,8-9H2,1-2H3,(H,17,20)(H,18,19)(H,21,22). The van der Waals surface area contributed by atoms with Gasteiger partial charge in [-0.15, -0.1) is 0 Å². The van der Waals surface area contributed by atoms with Crippen LogP contribution in [0.5, 0.6) is 0 Å². The molecule has 22 heavy (non-hydrogen) atoms. The van der Waals surface area contributed by atoms with E-state index in [0.717, 1.165) is 5.56 Å². The number of carboxylic acid groups (broad SMARTS) is 1. The number of amides is 2. The molecule has 0 unspecified atom stereocenters. The van der Waals surface area contributed by atoms with Crippen molar-refractivity contribution in [2.75, 3.05) is 5.32 Å². The summed E-state index contributed by atoms with van der Waals surface area (Å²) in [7, 11) is 0. The van der Waals surface area contributed by atoms with Crippen molar-refractivity contribution < 1.29 is 19.5 Å². The smallest absolute Gasteiger partial charge is 0.310 e. The monoisotopic (exact) mass is 304 g/mol. The Morgan fingerprint density at radius 2 is 2.00 bits per heavy atom. The van der Waals surface area contributed by atoms with E-state index in [4.69, 9.17) is 0 Å². The van der Waals surface area contributed by atoms with Crippen molar-refractivity contribution in [1.82, 2.24) is 5.32 Å². The zero-order chi connectivity index (χ0) is 16.3. The van der Waals surface area contributed by atoms with E-state index in [0.29, 0.717) is 30.6 Å². The molecule has 3 N–H and O–H groups in total. The third-order valence-electron chi connectivity index (χ3n) is 4.38. The van der Waals surface area contributed by atoms with Crippen molar-refractivity contribution in [3.63, 3.8) is 0 Å². The Labute approximate surface area is 128 Å². The number of hydrogen-bond donors (Lipinski definition) is 3. The molecule has 1 aromatic carbocycles. The van der Waals surface area contributed by atoms with Gasteiger partial charge in [-0.3, -0.25) is 14.4 Å². The van der Waals surface area contributed by atoms with Crippen LogP contribution in [0.3, 0.4) is 0 Å². The van der Waals surface area contributed by atoms with Crippen LogP contribution >= 0.6 is 0 Å². The van der Waals surface area contributed by atoms with Crippen molar-refractivity contribution in [3.05, 3.63) is 29.3 Å². The fourth-order valence-electron chi connectivity index (χ4n) is 2.68. The van der Waals surface area contributed by atoms with Crippen LogP contribution in [0.1, 0.15) is 49.0 Å². The molecule has 2 rings (SSSR count). The van der Waals surface area contributed by atoms with E-state index < -0.39 is 11.4 Å².